The van der Waals surface area contributed by atoms with E-state index in [9.17, 15) is 18.0 Å². The molecule has 124 valence electrons. The zero-order chi connectivity index (χ0) is 17.2. The minimum absolute atomic E-state index is 0.124. The molecule has 0 aliphatic heterocycles. The number of hydrogen-bond acceptors (Lipinski definition) is 2. The standard InChI is InChI=1S/C17H18OS.CHF3/c1-13-5-3-4-6-17(13)12-19-11-15-7-9-16(10-8-15)14(2)18;2-1(3)4/h3-10H,11-12H2,1-2H3;1H. The number of benzene rings is 2. The quantitative estimate of drug-likeness (QED) is 0.639. The van der Waals surface area contributed by atoms with E-state index in [2.05, 4.69) is 31.2 Å². The minimum Gasteiger partial charge on any atom is -0.295 e. The van der Waals surface area contributed by atoms with E-state index >= 15 is 0 Å². The third-order valence-corrected chi connectivity index (χ3v) is 4.20. The van der Waals surface area contributed by atoms with Crippen LogP contribution in [-0.4, -0.2) is 12.5 Å². The largest absolute Gasteiger partial charge is 0.379 e. The van der Waals surface area contributed by atoms with Crippen molar-refractivity contribution in [3.8, 4) is 0 Å². The van der Waals surface area contributed by atoms with Gasteiger partial charge in [-0.15, -0.1) is 0 Å². The van der Waals surface area contributed by atoms with Gasteiger partial charge in [0, 0.05) is 17.1 Å². The van der Waals surface area contributed by atoms with Crippen LogP contribution in [0.1, 0.15) is 34.0 Å². The van der Waals surface area contributed by atoms with Gasteiger partial charge in [-0.3, -0.25) is 4.79 Å². The van der Waals surface area contributed by atoms with Gasteiger partial charge in [-0.25, -0.2) is 0 Å². The predicted octanol–water partition coefficient (Wildman–Crippen LogP) is 5.81. The molecule has 0 saturated heterocycles. The molecule has 2 rings (SSSR count). The van der Waals surface area contributed by atoms with Crippen LogP contribution in [0.15, 0.2) is 48.5 Å². The van der Waals surface area contributed by atoms with E-state index in [4.69, 9.17) is 0 Å². The summed E-state index contributed by atoms with van der Waals surface area (Å²) in [6.07, 6.45) is 0. The zero-order valence-electron chi connectivity index (χ0n) is 13.1. The van der Waals surface area contributed by atoms with Crippen molar-refractivity contribution in [2.45, 2.75) is 32.0 Å². The smallest absolute Gasteiger partial charge is 0.295 e. The maximum Gasteiger partial charge on any atom is 0.379 e. The molecule has 0 fully saturated rings. The predicted molar refractivity (Wildman–Crippen MR) is 89.7 cm³/mol. The fraction of sp³-hybridized carbons (Fsp3) is 0.278. The van der Waals surface area contributed by atoms with Crippen molar-refractivity contribution in [1.29, 1.82) is 0 Å². The van der Waals surface area contributed by atoms with Crippen LogP contribution in [0.2, 0.25) is 0 Å². The summed E-state index contributed by atoms with van der Waals surface area (Å²) in [5.74, 6) is 2.13. The molecule has 0 spiro atoms. The van der Waals surface area contributed by atoms with Crippen LogP contribution in [0.4, 0.5) is 13.2 Å². The van der Waals surface area contributed by atoms with Gasteiger partial charge in [0.2, 0.25) is 0 Å². The summed E-state index contributed by atoms with van der Waals surface area (Å²) in [5, 5.41) is 0. The Kier molecular flexibility index (Phi) is 8.48. The first kappa shape index (κ1) is 19.3. The van der Waals surface area contributed by atoms with Crippen molar-refractivity contribution < 1.29 is 18.0 Å². The Bertz CT molecular complexity index is 609. The second kappa shape index (κ2) is 10.1. The maximum atomic E-state index is 11.2. The normalized spacial score (nSPS) is 10.2. The summed E-state index contributed by atoms with van der Waals surface area (Å²) in [6, 6.07) is 16.4. The molecule has 0 heterocycles. The highest BCUT2D eigenvalue weighted by Crippen LogP contribution is 2.20. The Balaban J connectivity index is 0.000000593. The van der Waals surface area contributed by atoms with Gasteiger partial charge in [-0.2, -0.15) is 24.9 Å². The summed E-state index contributed by atoms with van der Waals surface area (Å²) < 4.78 is 29.0. The molecule has 0 amide bonds. The molecule has 0 radical (unpaired) electrons. The highest BCUT2D eigenvalue weighted by atomic mass is 32.2. The second-order valence-corrected chi connectivity index (χ2v) is 5.91. The molecule has 0 unspecified atom stereocenters. The van der Waals surface area contributed by atoms with Crippen LogP contribution in [0.3, 0.4) is 0 Å². The van der Waals surface area contributed by atoms with E-state index in [1.165, 1.54) is 16.7 Å². The molecule has 0 N–H and O–H groups in total. The first-order valence-electron chi connectivity index (χ1n) is 7.04. The SMILES string of the molecule is CC(=O)c1ccc(CSCc2ccccc2C)cc1.FC(F)F. The van der Waals surface area contributed by atoms with Crippen molar-refractivity contribution >= 4 is 17.5 Å². The molecule has 2 aromatic rings. The van der Waals surface area contributed by atoms with Crippen molar-refractivity contribution in [2.24, 2.45) is 0 Å². The second-order valence-electron chi connectivity index (χ2n) is 4.92. The van der Waals surface area contributed by atoms with Gasteiger partial charge in [-0.1, -0.05) is 48.5 Å². The first-order chi connectivity index (χ1) is 10.9. The number of hydrogen-bond donors (Lipinski definition) is 0. The van der Waals surface area contributed by atoms with Crippen molar-refractivity contribution in [3.05, 3.63) is 70.8 Å². The van der Waals surface area contributed by atoms with E-state index < -0.39 is 6.68 Å². The molecule has 0 bridgehead atoms. The Hall–Kier alpha value is -1.75. The number of ketones is 1. The average molecular weight is 340 g/mol. The zero-order valence-corrected chi connectivity index (χ0v) is 13.9. The summed E-state index contributed by atoms with van der Waals surface area (Å²) in [6.45, 7) is 0.0828. The van der Waals surface area contributed by atoms with E-state index in [1.807, 2.05) is 36.0 Å². The Morgan fingerprint density at radius 3 is 2.09 bits per heavy atom. The third-order valence-electron chi connectivity index (χ3n) is 3.15. The summed E-state index contributed by atoms with van der Waals surface area (Å²) in [5.41, 5.74) is 4.80. The molecule has 5 heteroatoms. The molecule has 1 nitrogen and oxygen atoms in total. The fourth-order valence-corrected chi connectivity index (χ4v) is 2.96. The molecule has 0 aliphatic rings. The van der Waals surface area contributed by atoms with E-state index in [-0.39, 0.29) is 5.78 Å². The number of aryl methyl sites for hydroxylation is 1. The summed E-state index contributed by atoms with van der Waals surface area (Å²) in [4.78, 5) is 11.2. The van der Waals surface area contributed by atoms with Crippen LogP contribution in [0.25, 0.3) is 0 Å². The topological polar surface area (TPSA) is 17.1 Å². The monoisotopic (exact) mass is 340 g/mol. The molecule has 2 aromatic carbocycles. The van der Waals surface area contributed by atoms with Crippen molar-refractivity contribution in [1.82, 2.24) is 0 Å². The Morgan fingerprint density at radius 2 is 1.57 bits per heavy atom. The maximum absolute atomic E-state index is 11.2. The lowest BCUT2D eigenvalue weighted by Crippen LogP contribution is -1.92. The third kappa shape index (κ3) is 7.88. The number of rotatable bonds is 5. The van der Waals surface area contributed by atoms with E-state index in [0.717, 1.165) is 17.1 Å². The van der Waals surface area contributed by atoms with Crippen LogP contribution in [-0.2, 0) is 11.5 Å². The van der Waals surface area contributed by atoms with Gasteiger partial charge in [0.1, 0.15) is 0 Å². The van der Waals surface area contributed by atoms with Gasteiger partial charge >= 0.3 is 6.68 Å². The van der Waals surface area contributed by atoms with E-state index in [0.29, 0.717) is 0 Å². The number of thioether (sulfide) groups is 1. The Morgan fingerprint density at radius 1 is 1.00 bits per heavy atom. The fourth-order valence-electron chi connectivity index (χ4n) is 1.89. The number of carbonyl (C=O) groups is 1. The van der Waals surface area contributed by atoms with E-state index in [1.54, 1.807) is 6.92 Å². The van der Waals surface area contributed by atoms with Crippen LogP contribution in [0, 0.1) is 6.92 Å². The van der Waals surface area contributed by atoms with Gasteiger partial charge in [0.25, 0.3) is 0 Å². The van der Waals surface area contributed by atoms with Gasteiger partial charge in [0.15, 0.2) is 5.78 Å². The molecule has 0 saturated carbocycles. The average Bonchev–Trinajstić information content (AvgIpc) is 2.49. The number of Topliss-reactive ketones (excluding diaryl/α,β-unsaturated/α-hetero) is 1. The van der Waals surface area contributed by atoms with Crippen molar-refractivity contribution in [3.63, 3.8) is 0 Å². The molecular weight excluding hydrogens is 321 g/mol. The molecule has 23 heavy (non-hydrogen) atoms. The number of alkyl halides is 3. The summed E-state index contributed by atoms with van der Waals surface area (Å²) in [7, 11) is 0. The summed E-state index contributed by atoms with van der Waals surface area (Å²) >= 11 is 1.90. The lowest BCUT2D eigenvalue weighted by atomic mass is 10.1. The molecular formula is C18H19F3OS. The highest BCUT2D eigenvalue weighted by molar-refractivity contribution is 7.97. The highest BCUT2D eigenvalue weighted by Gasteiger charge is 2.01. The van der Waals surface area contributed by atoms with Crippen molar-refractivity contribution in [2.75, 3.05) is 0 Å². The van der Waals surface area contributed by atoms with Gasteiger partial charge < -0.3 is 0 Å². The van der Waals surface area contributed by atoms with Crippen LogP contribution >= 0.6 is 11.8 Å². The molecule has 0 aromatic heterocycles. The molecule has 0 aliphatic carbocycles. The minimum atomic E-state index is -3.67. The number of halogens is 3. The molecule has 0 atom stereocenters. The Labute approximate surface area is 138 Å². The number of carbonyl (C=O) groups excluding carboxylic acids is 1. The lowest BCUT2D eigenvalue weighted by molar-refractivity contribution is 0.00818. The first-order valence-corrected chi connectivity index (χ1v) is 8.20. The van der Waals surface area contributed by atoms with Gasteiger partial charge in [0.05, 0.1) is 0 Å². The van der Waals surface area contributed by atoms with Gasteiger partial charge in [-0.05, 0) is 30.5 Å². The van der Waals surface area contributed by atoms with Crippen LogP contribution < -0.4 is 0 Å². The van der Waals surface area contributed by atoms with Crippen LogP contribution in [0.5, 0.6) is 0 Å². The lowest BCUT2D eigenvalue weighted by Gasteiger charge is -2.06.